The Bertz CT molecular complexity index is 147. The van der Waals surface area contributed by atoms with Gasteiger partial charge in [0.05, 0.1) is 28.9 Å². The highest BCUT2D eigenvalue weighted by molar-refractivity contribution is 7.68. The molecule has 0 unspecified atom stereocenters. The summed E-state index contributed by atoms with van der Waals surface area (Å²) in [6, 6.07) is 0. The fraction of sp³-hybridized carbons (Fsp3) is 0.333. The van der Waals surface area contributed by atoms with Crippen LogP contribution in [0.1, 0.15) is 0 Å². The topological polar surface area (TPSA) is 41.5 Å². The summed E-state index contributed by atoms with van der Waals surface area (Å²) < 4.78 is 9.88. The average molecular weight is 116 g/mol. The molecule has 0 radical (unpaired) electrons. The molecular formula is C3H4N2OS. The molecule has 38 valence electrons. The minimum atomic E-state index is 0.487. The molecule has 0 saturated carbocycles. The Kier molecular flexibility index (Phi) is 1.21. The summed E-state index contributed by atoms with van der Waals surface area (Å²) in [5, 5.41) is 3.60. The second-order valence-electron chi connectivity index (χ2n) is 1.14. The van der Waals surface area contributed by atoms with E-state index in [9.17, 15) is 4.21 Å². The predicted molar refractivity (Wildman–Crippen MR) is 29.6 cm³/mol. The molecule has 1 heterocycles. The molecule has 0 spiro atoms. The monoisotopic (exact) mass is 116 g/mol. The maximum Gasteiger partial charge on any atom is 0.0957 e. The van der Waals surface area contributed by atoms with Gasteiger partial charge in [-0.1, -0.05) is 0 Å². The summed E-state index contributed by atoms with van der Waals surface area (Å²) in [4.78, 5) is 0.750. The van der Waals surface area contributed by atoms with E-state index < -0.39 is 0 Å². The molecule has 0 amide bonds. The third kappa shape index (κ3) is 0.866. The normalized spacial score (nSPS) is 16.9. The largest absolute Gasteiger partial charge is 0.305 e. The smallest absolute Gasteiger partial charge is 0.0957 e. The van der Waals surface area contributed by atoms with Gasteiger partial charge in [0.1, 0.15) is 0 Å². The minimum absolute atomic E-state index is 0.487. The average Bonchev–Trinajstić information content (AvgIpc) is 2.14. The first-order valence-corrected chi connectivity index (χ1v) is 2.59. The first-order valence-electron chi connectivity index (χ1n) is 1.85. The second kappa shape index (κ2) is 1.88. The SMILES string of the molecule is O=S=C1C=NNC1. The molecule has 0 bridgehead atoms. The maximum absolute atomic E-state index is 9.88. The van der Waals surface area contributed by atoms with Crippen molar-refractivity contribution >= 4 is 22.3 Å². The van der Waals surface area contributed by atoms with E-state index in [-0.39, 0.29) is 0 Å². The van der Waals surface area contributed by atoms with Gasteiger partial charge in [0.2, 0.25) is 0 Å². The zero-order valence-corrected chi connectivity index (χ0v) is 4.36. The second-order valence-corrected chi connectivity index (χ2v) is 1.83. The number of nitrogens with zero attached hydrogens (tertiary/aromatic N) is 1. The molecule has 3 nitrogen and oxygen atoms in total. The van der Waals surface area contributed by atoms with E-state index in [1.807, 2.05) is 0 Å². The van der Waals surface area contributed by atoms with Crippen LogP contribution in [-0.4, -0.2) is 21.8 Å². The van der Waals surface area contributed by atoms with Crippen molar-refractivity contribution in [2.45, 2.75) is 0 Å². The highest BCUT2D eigenvalue weighted by Crippen LogP contribution is 1.73. The van der Waals surface area contributed by atoms with Crippen molar-refractivity contribution in [1.29, 1.82) is 0 Å². The molecule has 4 heteroatoms. The van der Waals surface area contributed by atoms with Crippen LogP contribution in [0.3, 0.4) is 0 Å². The van der Waals surface area contributed by atoms with Crippen LogP contribution < -0.4 is 5.43 Å². The molecule has 0 aromatic carbocycles. The number of rotatable bonds is 0. The van der Waals surface area contributed by atoms with Crippen LogP contribution in [0.2, 0.25) is 0 Å². The van der Waals surface area contributed by atoms with E-state index in [2.05, 4.69) is 10.5 Å². The van der Waals surface area contributed by atoms with Gasteiger partial charge >= 0.3 is 0 Å². The number of hydrogen-bond acceptors (Lipinski definition) is 3. The van der Waals surface area contributed by atoms with Gasteiger partial charge in [-0.2, -0.15) is 5.10 Å². The van der Waals surface area contributed by atoms with Gasteiger partial charge in [0.15, 0.2) is 0 Å². The quantitative estimate of drug-likeness (QED) is 0.411. The number of hydrogen-bond donors (Lipinski definition) is 1. The van der Waals surface area contributed by atoms with Crippen LogP contribution in [-0.2, 0) is 11.3 Å². The Morgan fingerprint density at radius 2 is 2.86 bits per heavy atom. The van der Waals surface area contributed by atoms with Crippen molar-refractivity contribution in [3.8, 4) is 0 Å². The molecule has 7 heavy (non-hydrogen) atoms. The van der Waals surface area contributed by atoms with Crippen LogP contribution in [0.25, 0.3) is 0 Å². The molecule has 0 aromatic heterocycles. The van der Waals surface area contributed by atoms with Crippen molar-refractivity contribution < 1.29 is 4.21 Å². The minimum Gasteiger partial charge on any atom is -0.305 e. The van der Waals surface area contributed by atoms with Gasteiger partial charge in [-0.15, -0.1) is 0 Å². The predicted octanol–water partition coefficient (Wildman–Crippen LogP) is -1.04. The zero-order valence-electron chi connectivity index (χ0n) is 3.55. The standard InChI is InChI=1S/C3H4N2OS/c6-7-3-1-4-5-2-3/h1,5H,2H2. The summed E-state index contributed by atoms with van der Waals surface area (Å²) in [5.41, 5.74) is 2.63. The van der Waals surface area contributed by atoms with Gasteiger partial charge in [0.25, 0.3) is 0 Å². The van der Waals surface area contributed by atoms with E-state index in [0.717, 1.165) is 4.86 Å². The van der Waals surface area contributed by atoms with E-state index in [0.29, 0.717) is 17.8 Å². The summed E-state index contributed by atoms with van der Waals surface area (Å²) in [5.74, 6) is 0. The van der Waals surface area contributed by atoms with Gasteiger partial charge in [-0.05, 0) is 0 Å². The van der Waals surface area contributed by atoms with Crippen LogP contribution in [0.5, 0.6) is 0 Å². The number of hydrazone groups is 1. The summed E-state index contributed by atoms with van der Waals surface area (Å²) in [7, 11) is 0. The fourth-order valence-corrected chi connectivity index (χ4v) is 0.557. The van der Waals surface area contributed by atoms with Gasteiger partial charge < -0.3 is 5.43 Å². The lowest BCUT2D eigenvalue weighted by molar-refractivity contribution is 0.701. The van der Waals surface area contributed by atoms with E-state index in [1.165, 1.54) is 6.21 Å². The lowest BCUT2D eigenvalue weighted by Gasteiger charge is -1.78. The van der Waals surface area contributed by atoms with E-state index in [4.69, 9.17) is 0 Å². The Morgan fingerprint density at radius 3 is 3.14 bits per heavy atom. The molecule has 0 aliphatic carbocycles. The molecule has 0 atom stereocenters. The summed E-state index contributed by atoms with van der Waals surface area (Å²) in [6.45, 7) is 0.605. The highest BCUT2D eigenvalue weighted by Gasteiger charge is 1.96. The van der Waals surface area contributed by atoms with Crippen molar-refractivity contribution in [3.05, 3.63) is 0 Å². The molecular weight excluding hydrogens is 112 g/mol. The van der Waals surface area contributed by atoms with Gasteiger partial charge in [-0.25, -0.2) is 4.21 Å². The van der Waals surface area contributed by atoms with Crippen LogP contribution in [0.15, 0.2) is 5.10 Å². The van der Waals surface area contributed by atoms with E-state index in [1.54, 1.807) is 0 Å². The Morgan fingerprint density at radius 1 is 2.00 bits per heavy atom. The fourth-order valence-electron chi connectivity index (χ4n) is 0.338. The lowest BCUT2D eigenvalue weighted by atomic mass is 10.5. The van der Waals surface area contributed by atoms with Gasteiger partial charge in [0, 0.05) is 0 Å². The molecule has 1 aliphatic rings. The van der Waals surface area contributed by atoms with Crippen LogP contribution in [0.4, 0.5) is 0 Å². The third-order valence-electron chi connectivity index (χ3n) is 0.660. The molecule has 1 aliphatic heterocycles. The Hall–Kier alpha value is -0.640. The number of nitrogens with one attached hydrogen (secondary N) is 1. The van der Waals surface area contributed by atoms with E-state index >= 15 is 0 Å². The molecule has 0 saturated heterocycles. The first kappa shape index (κ1) is 4.52. The zero-order chi connectivity index (χ0) is 5.11. The summed E-state index contributed by atoms with van der Waals surface area (Å²) >= 11 is 0.487. The van der Waals surface area contributed by atoms with Crippen molar-refractivity contribution in [2.75, 3.05) is 6.54 Å². The van der Waals surface area contributed by atoms with Crippen molar-refractivity contribution in [1.82, 2.24) is 5.43 Å². The lowest BCUT2D eigenvalue weighted by Crippen LogP contribution is -2.07. The Labute approximate surface area is 44.5 Å². The highest BCUT2D eigenvalue weighted by atomic mass is 32.1. The van der Waals surface area contributed by atoms with Crippen LogP contribution >= 0.6 is 0 Å². The molecule has 1 N–H and O–H groups in total. The maximum atomic E-state index is 9.88. The van der Waals surface area contributed by atoms with Crippen molar-refractivity contribution in [2.24, 2.45) is 5.10 Å². The summed E-state index contributed by atoms with van der Waals surface area (Å²) in [6.07, 6.45) is 1.54. The van der Waals surface area contributed by atoms with Crippen molar-refractivity contribution in [3.63, 3.8) is 0 Å². The Balaban J connectivity index is 2.77. The van der Waals surface area contributed by atoms with Gasteiger partial charge in [-0.3, -0.25) is 0 Å². The van der Waals surface area contributed by atoms with Crippen LogP contribution in [0, 0.1) is 0 Å². The molecule has 0 aromatic rings. The third-order valence-corrected chi connectivity index (χ3v) is 1.12. The molecule has 1 rings (SSSR count). The molecule has 0 fully saturated rings. The first-order chi connectivity index (χ1) is 3.43.